The van der Waals surface area contributed by atoms with E-state index in [-0.39, 0.29) is 0 Å². The number of halogens is 2. The SMILES string of the molecule is COc1cnc(F)cc1CBr. The van der Waals surface area contributed by atoms with Gasteiger partial charge in [-0.25, -0.2) is 4.98 Å². The Labute approximate surface area is 72.5 Å². The average molecular weight is 220 g/mol. The molecule has 1 aromatic rings. The first-order chi connectivity index (χ1) is 5.27. The number of ether oxygens (including phenoxy) is 1. The van der Waals surface area contributed by atoms with E-state index < -0.39 is 5.95 Å². The number of rotatable bonds is 2. The number of hydrogen-bond donors (Lipinski definition) is 0. The first-order valence-corrected chi connectivity index (χ1v) is 4.14. The van der Waals surface area contributed by atoms with Crippen molar-refractivity contribution >= 4 is 15.9 Å². The van der Waals surface area contributed by atoms with E-state index in [4.69, 9.17) is 4.74 Å². The van der Waals surface area contributed by atoms with Crippen molar-refractivity contribution in [1.29, 1.82) is 0 Å². The van der Waals surface area contributed by atoms with Gasteiger partial charge in [0, 0.05) is 17.0 Å². The third-order valence-corrected chi connectivity index (χ3v) is 1.88. The van der Waals surface area contributed by atoms with E-state index in [1.165, 1.54) is 19.4 Å². The molecule has 0 saturated carbocycles. The van der Waals surface area contributed by atoms with Gasteiger partial charge >= 0.3 is 0 Å². The highest BCUT2D eigenvalue weighted by molar-refractivity contribution is 9.08. The molecule has 0 aliphatic rings. The monoisotopic (exact) mass is 219 g/mol. The van der Waals surface area contributed by atoms with Crippen molar-refractivity contribution < 1.29 is 9.13 Å². The van der Waals surface area contributed by atoms with Gasteiger partial charge in [0.1, 0.15) is 5.75 Å². The minimum absolute atomic E-state index is 0.486. The van der Waals surface area contributed by atoms with Crippen molar-refractivity contribution in [1.82, 2.24) is 4.98 Å². The van der Waals surface area contributed by atoms with Gasteiger partial charge in [0.25, 0.3) is 0 Å². The summed E-state index contributed by atoms with van der Waals surface area (Å²) in [4.78, 5) is 3.45. The zero-order valence-corrected chi connectivity index (χ0v) is 7.56. The maximum atomic E-state index is 12.5. The summed E-state index contributed by atoms with van der Waals surface area (Å²) in [5.74, 6) is 0.114. The Hall–Kier alpha value is -0.640. The van der Waals surface area contributed by atoms with Crippen molar-refractivity contribution in [2.24, 2.45) is 0 Å². The Morgan fingerprint density at radius 2 is 2.45 bits per heavy atom. The van der Waals surface area contributed by atoms with E-state index in [1.54, 1.807) is 0 Å². The molecule has 4 heteroatoms. The summed E-state index contributed by atoms with van der Waals surface area (Å²) in [7, 11) is 1.53. The molecule has 0 amide bonds. The van der Waals surface area contributed by atoms with Crippen LogP contribution in [0.4, 0.5) is 4.39 Å². The van der Waals surface area contributed by atoms with Crippen LogP contribution in [-0.4, -0.2) is 12.1 Å². The molecule has 1 heterocycles. The van der Waals surface area contributed by atoms with E-state index in [9.17, 15) is 4.39 Å². The van der Waals surface area contributed by atoms with Gasteiger partial charge in [0.15, 0.2) is 0 Å². The Morgan fingerprint density at radius 3 is 3.00 bits per heavy atom. The topological polar surface area (TPSA) is 22.1 Å². The fourth-order valence-corrected chi connectivity index (χ4v) is 1.18. The van der Waals surface area contributed by atoms with Gasteiger partial charge in [0.05, 0.1) is 13.3 Å². The number of aromatic nitrogens is 1. The summed E-state index contributed by atoms with van der Waals surface area (Å²) in [6.07, 6.45) is 1.37. The van der Waals surface area contributed by atoms with Crippen LogP contribution in [0.25, 0.3) is 0 Å². The molecule has 0 aromatic carbocycles. The van der Waals surface area contributed by atoms with Crippen LogP contribution in [0.15, 0.2) is 12.3 Å². The lowest BCUT2D eigenvalue weighted by molar-refractivity contribution is 0.406. The molecule has 0 aliphatic carbocycles. The molecule has 11 heavy (non-hydrogen) atoms. The normalized spacial score (nSPS) is 9.73. The number of pyridine rings is 1. The highest BCUT2D eigenvalue weighted by atomic mass is 79.9. The Bertz CT molecular complexity index is 254. The number of hydrogen-bond acceptors (Lipinski definition) is 2. The van der Waals surface area contributed by atoms with E-state index in [0.717, 1.165) is 5.56 Å². The number of nitrogens with zero attached hydrogens (tertiary/aromatic N) is 1. The van der Waals surface area contributed by atoms with E-state index in [0.29, 0.717) is 11.1 Å². The van der Waals surface area contributed by atoms with Gasteiger partial charge in [0.2, 0.25) is 5.95 Å². The maximum absolute atomic E-state index is 12.5. The van der Waals surface area contributed by atoms with Crippen LogP contribution in [0.3, 0.4) is 0 Å². The van der Waals surface area contributed by atoms with Gasteiger partial charge in [-0.3, -0.25) is 0 Å². The minimum atomic E-state index is -0.486. The van der Waals surface area contributed by atoms with Crippen LogP contribution in [0.5, 0.6) is 5.75 Å². The number of alkyl halides is 1. The van der Waals surface area contributed by atoms with Crippen LogP contribution < -0.4 is 4.74 Å². The third kappa shape index (κ3) is 1.89. The van der Waals surface area contributed by atoms with Crippen LogP contribution in [0.2, 0.25) is 0 Å². The summed E-state index contributed by atoms with van der Waals surface area (Å²) in [6, 6.07) is 1.34. The van der Waals surface area contributed by atoms with Crippen molar-refractivity contribution in [3.8, 4) is 5.75 Å². The minimum Gasteiger partial charge on any atom is -0.495 e. The van der Waals surface area contributed by atoms with Gasteiger partial charge in [-0.2, -0.15) is 4.39 Å². The second-order valence-corrected chi connectivity index (χ2v) is 2.51. The number of methoxy groups -OCH3 is 1. The molecular formula is C7H7BrFNO. The summed E-state index contributed by atoms with van der Waals surface area (Å²) < 4.78 is 17.4. The van der Waals surface area contributed by atoms with Gasteiger partial charge < -0.3 is 4.74 Å². The first kappa shape index (κ1) is 8.46. The van der Waals surface area contributed by atoms with E-state index in [2.05, 4.69) is 20.9 Å². The zero-order valence-electron chi connectivity index (χ0n) is 5.97. The molecule has 0 unspecified atom stereocenters. The lowest BCUT2D eigenvalue weighted by atomic mass is 10.3. The molecule has 2 nitrogen and oxygen atoms in total. The molecule has 60 valence electrons. The zero-order chi connectivity index (χ0) is 8.27. The Balaban J connectivity index is 3.06. The maximum Gasteiger partial charge on any atom is 0.213 e. The van der Waals surface area contributed by atoms with Crippen LogP contribution in [0, 0.1) is 5.95 Å². The fraction of sp³-hybridized carbons (Fsp3) is 0.286. The van der Waals surface area contributed by atoms with Crippen molar-refractivity contribution in [2.45, 2.75) is 5.33 Å². The fourth-order valence-electron chi connectivity index (χ4n) is 0.744. The summed E-state index contributed by atoms with van der Waals surface area (Å²) in [6.45, 7) is 0. The summed E-state index contributed by atoms with van der Waals surface area (Å²) >= 11 is 3.21. The van der Waals surface area contributed by atoms with Crippen molar-refractivity contribution in [2.75, 3.05) is 7.11 Å². The Kier molecular flexibility index (Phi) is 2.82. The predicted octanol–water partition coefficient (Wildman–Crippen LogP) is 2.12. The van der Waals surface area contributed by atoms with Gasteiger partial charge in [-0.15, -0.1) is 0 Å². The van der Waals surface area contributed by atoms with Crippen molar-refractivity contribution in [3.05, 3.63) is 23.8 Å². The molecule has 0 bridgehead atoms. The molecule has 0 N–H and O–H groups in total. The smallest absolute Gasteiger partial charge is 0.213 e. The molecule has 0 spiro atoms. The second-order valence-electron chi connectivity index (χ2n) is 1.95. The lowest BCUT2D eigenvalue weighted by Crippen LogP contribution is -1.92. The standard InChI is InChI=1S/C7H7BrFNO/c1-11-6-4-10-7(9)2-5(6)3-8/h2,4H,3H2,1H3. The lowest BCUT2D eigenvalue weighted by Gasteiger charge is -2.03. The van der Waals surface area contributed by atoms with E-state index in [1.807, 2.05) is 0 Å². The predicted molar refractivity (Wildman–Crippen MR) is 43.4 cm³/mol. The molecule has 1 aromatic heterocycles. The highest BCUT2D eigenvalue weighted by Crippen LogP contribution is 2.19. The third-order valence-electron chi connectivity index (χ3n) is 1.28. The molecule has 0 atom stereocenters. The van der Waals surface area contributed by atoms with Crippen LogP contribution in [-0.2, 0) is 5.33 Å². The quantitative estimate of drug-likeness (QED) is 0.562. The molecule has 0 saturated heterocycles. The molecular weight excluding hydrogens is 213 g/mol. The first-order valence-electron chi connectivity index (χ1n) is 3.02. The van der Waals surface area contributed by atoms with Crippen molar-refractivity contribution in [3.63, 3.8) is 0 Å². The van der Waals surface area contributed by atoms with Crippen LogP contribution >= 0.6 is 15.9 Å². The summed E-state index contributed by atoms with van der Waals surface area (Å²) in [5, 5.41) is 0.565. The highest BCUT2D eigenvalue weighted by Gasteiger charge is 2.02. The molecule has 1 rings (SSSR count). The van der Waals surface area contributed by atoms with Crippen LogP contribution in [0.1, 0.15) is 5.56 Å². The molecule has 0 fully saturated rings. The summed E-state index contributed by atoms with van der Waals surface area (Å²) in [5.41, 5.74) is 0.764. The molecule has 0 radical (unpaired) electrons. The van der Waals surface area contributed by atoms with Gasteiger partial charge in [-0.1, -0.05) is 15.9 Å². The largest absolute Gasteiger partial charge is 0.495 e. The average Bonchev–Trinajstić information content (AvgIpc) is 2.04. The van der Waals surface area contributed by atoms with Gasteiger partial charge in [-0.05, 0) is 0 Å². The van der Waals surface area contributed by atoms with E-state index >= 15 is 0 Å². The molecule has 0 aliphatic heterocycles. The second kappa shape index (κ2) is 3.67. The Morgan fingerprint density at radius 1 is 1.73 bits per heavy atom.